The van der Waals surface area contributed by atoms with E-state index in [2.05, 4.69) is 39.8 Å². The van der Waals surface area contributed by atoms with Gasteiger partial charge < -0.3 is 5.11 Å². The lowest BCUT2D eigenvalue weighted by atomic mass is 9.74. The van der Waals surface area contributed by atoms with E-state index in [1.807, 2.05) is 6.07 Å². The molecule has 1 aromatic carbocycles. The molecule has 1 saturated carbocycles. The van der Waals surface area contributed by atoms with Crippen LogP contribution in [0, 0.1) is 5.92 Å². The summed E-state index contributed by atoms with van der Waals surface area (Å²) in [5.74, 6) is 1.45. The number of benzene rings is 1. The maximum Gasteiger partial charge on any atom is 0.133 e. The zero-order chi connectivity index (χ0) is 21.3. The first-order valence-electron chi connectivity index (χ1n) is 12.2. The standard InChI is InChI=1S/C27H44O2/c1-5-7-9-11-13-21-17-22(19-24(28)18-21)25-15-14-23(20-26(25)29)27(3,4)16-12-10-8-6-2/h14-15,20-22,29H,5-13,16-19H2,1-4H3. The first-order valence-corrected chi connectivity index (χ1v) is 12.2. The summed E-state index contributed by atoms with van der Waals surface area (Å²) in [5, 5.41) is 10.8. The van der Waals surface area contributed by atoms with Gasteiger partial charge in [-0.1, -0.05) is 97.6 Å². The van der Waals surface area contributed by atoms with E-state index >= 15 is 0 Å². The lowest BCUT2D eigenvalue weighted by Crippen LogP contribution is -2.22. The number of hydrogen-bond acceptors (Lipinski definition) is 2. The van der Waals surface area contributed by atoms with Crippen molar-refractivity contribution in [1.82, 2.24) is 0 Å². The fourth-order valence-electron chi connectivity index (χ4n) is 5.01. The van der Waals surface area contributed by atoms with Crippen molar-refractivity contribution in [2.75, 3.05) is 0 Å². The minimum Gasteiger partial charge on any atom is -0.508 e. The molecule has 29 heavy (non-hydrogen) atoms. The predicted octanol–water partition coefficient (Wildman–Crippen LogP) is 8.06. The van der Waals surface area contributed by atoms with E-state index in [1.165, 1.54) is 56.9 Å². The number of Topliss-reactive ketones (excluding diaryl/α,β-unsaturated/α-hetero) is 1. The van der Waals surface area contributed by atoms with Crippen LogP contribution in [0.3, 0.4) is 0 Å². The van der Waals surface area contributed by atoms with E-state index in [4.69, 9.17) is 0 Å². The molecule has 1 aliphatic carbocycles. The summed E-state index contributed by atoms with van der Waals surface area (Å²) in [4.78, 5) is 12.4. The highest BCUT2D eigenvalue weighted by Gasteiger charge is 2.30. The largest absolute Gasteiger partial charge is 0.508 e. The third kappa shape index (κ3) is 7.46. The number of carbonyl (C=O) groups excluding carboxylic acids is 1. The van der Waals surface area contributed by atoms with Crippen molar-refractivity contribution >= 4 is 5.78 Å². The maximum absolute atomic E-state index is 12.4. The Morgan fingerprint density at radius 1 is 0.966 bits per heavy atom. The van der Waals surface area contributed by atoms with Crippen molar-refractivity contribution in [2.45, 2.75) is 122 Å². The van der Waals surface area contributed by atoms with Crippen LogP contribution in [0.5, 0.6) is 5.75 Å². The van der Waals surface area contributed by atoms with Gasteiger partial charge in [0.2, 0.25) is 0 Å². The fourth-order valence-corrected chi connectivity index (χ4v) is 5.01. The van der Waals surface area contributed by atoms with Gasteiger partial charge in [-0.05, 0) is 47.3 Å². The number of phenols is 1. The molecule has 1 aliphatic rings. The number of hydrogen-bond donors (Lipinski definition) is 1. The zero-order valence-electron chi connectivity index (χ0n) is 19.4. The minimum absolute atomic E-state index is 0.0773. The molecule has 1 aromatic rings. The number of aromatic hydroxyl groups is 1. The predicted molar refractivity (Wildman–Crippen MR) is 124 cm³/mol. The van der Waals surface area contributed by atoms with Gasteiger partial charge in [-0.25, -0.2) is 0 Å². The third-order valence-corrected chi connectivity index (χ3v) is 6.98. The number of phenolic OH excluding ortho intramolecular Hbond substituents is 1. The molecule has 164 valence electrons. The average molecular weight is 401 g/mol. The number of carbonyl (C=O) groups is 1. The highest BCUT2D eigenvalue weighted by Crippen LogP contribution is 2.42. The molecule has 0 heterocycles. The topological polar surface area (TPSA) is 37.3 Å². The average Bonchev–Trinajstić information content (AvgIpc) is 2.68. The Bertz CT molecular complexity index is 631. The van der Waals surface area contributed by atoms with E-state index in [9.17, 15) is 9.90 Å². The van der Waals surface area contributed by atoms with Crippen LogP contribution in [0.2, 0.25) is 0 Å². The molecule has 2 atom stereocenters. The second kappa shape index (κ2) is 11.8. The molecular weight excluding hydrogens is 356 g/mol. The van der Waals surface area contributed by atoms with Gasteiger partial charge in [0.25, 0.3) is 0 Å². The van der Waals surface area contributed by atoms with Gasteiger partial charge in [-0.15, -0.1) is 0 Å². The van der Waals surface area contributed by atoms with Gasteiger partial charge in [-0.2, -0.15) is 0 Å². The van der Waals surface area contributed by atoms with Gasteiger partial charge in [0.15, 0.2) is 0 Å². The number of unbranched alkanes of at least 4 members (excludes halogenated alkanes) is 6. The number of rotatable bonds is 12. The molecule has 2 rings (SSSR count). The Hall–Kier alpha value is -1.31. The van der Waals surface area contributed by atoms with E-state index in [-0.39, 0.29) is 11.3 Å². The molecule has 0 amide bonds. The van der Waals surface area contributed by atoms with E-state index in [0.29, 0.717) is 23.9 Å². The maximum atomic E-state index is 12.4. The van der Waals surface area contributed by atoms with Gasteiger partial charge in [0, 0.05) is 12.8 Å². The molecule has 1 N–H and O–H groups in total. The van der Waals surface area contributed by atoms with Crippen LogP contribution in [-0.4, -0.2) is 10.9 Å². The first-order chi connectivity index (χ1) is 13.9. The Morgan fingerprint density at radius 2 is 1.66 bits per heavy atom. The van der Waals surface area contributed by atoms with Crippen molar-refractivity contribution in [2.24, 2.45) is 5.92 Å². The molecule has 0 radical (unpaired) electrons. The van der Waals surface area contributed by atoms with Crippen molar-refractivity contribution in [3.8, 4) is 5.75 Å². The Kier molecular flexibility index (Phi) is 9.72. The normalized spacial score (nSPS) is 20.2. The van der Waals surface area contributed by atoms with Crippen LogP contribution in [0.4, 0.5) is 0 Å². The second-order valence-electron chi connectivity index (χ2n) is 10.1. The Balaban J connectivity index is 2.01. The van der Waals surface area contributed by atoms with Gasteiger partial charge >= 0.3 is 0 Å². The Labute approximate surface area is 179 Å². The van der Waals surface area contributed by atoms with Crippen molar-refractivity contribution in [3.63, 3.8) is 0 Å². The van der Waals surface area contributed by atoms with E-state index in [0.717, 1.165) is 31.2 Å². The van der Waals surface area contributed by atoms with Crippen LogP contribution < -0.4 is 0 Å². The van der Waals surface area contributed by atoms with Crippen molar-refractivity contribution in [1.29, 1.82) is 0 Å². The molecule has 0 aliphatic heterocycles. The van der Waals surface area contributed by atoms with E-state index in [1.54, 1.807) is 0 Å². The van der Waals surface area contributed by atoms with Crippen LogP contribution in [0.25, 0.3) is 0 Å². The fraction of sp³-hybridized carbons (Fsp3) is 0.741. The van der Waals surface area contributed by atoms with Crippen molar-refractivity contribution < 1.29 is 9.90 Å². The minimum atomic E-state index is 0.0773. The van der Waals surface area contributed by atoms with Gasteiger partial charge in [0.1, 0.15) is 11.5 Å². The van der Waals surface area contributed by atoms with Gasteiger partial charge in [-0.3, -0.25) is 4.79 Å². The monoisotopic (exact) mass is 400 g/mol. The lowest BCUT2D eigenvalue weighted by molar-refractivity contribution is -0.122. The van der Waals surface area contributed by atoms with Crippen LogP contribution >= 0.6 is 0 Å². The Morgan fingerprint density at radius 3 is 2.31 bits per heavy atom. The molecule has 0 saturated heterocycles. The summed E-state index contributed by atoms with van der Waals surface area (Å²) < 4.78 is 0. The summed E-state index contributed by atoms with van der Waals surface area (Å²) in [6, 6.07) is 6.28. The molecule has 0 spiro atoms. The summed E-state index contributed by atoms with van der Waals surface area (Å²) in [6.45, 7) is 9.04. The van der Waals surface area contributed by atoms with Gasteiger partial charge in [0.05, 0.1) is 0 Å². The van der Waals surface area contributed by atoms with Crippen molar-refractivity contribution in [3.05, 3.63) is 29.3 Å². The molecule has 0 aromatic heterocycles. The second-order valence-corrected chi connectivity index (χ2v) is 10.1. The van der Waals surface area contributed by atoms with Crippen LogP contribution in [0.1, 0.15) is 128 Å². The van der Waals surface area contributed by atoms with Crippen LogP contribution in [0.15, 0.2) is 18.2 Å². The first kappa shape index (κ1) is 24.0. The lowest BCUT2D eigenvalue weighted by Gasteiger charge is -2.30. The summed E-state index contributed by atoms with van der Waals surface area (Å²) in [6.07, 6.45) is 14.8. The molecular formula is C27H44O2. The molecule has 1 fully saturated rings. The highest BCUT2D eigenvalue weighted by atomic mass is 16.3. The third-order valence-electron chi connectivity index (χ3n) is 6.98. The smallest absolute Gasteiger partial charge is 0.133 e. The SMILES string of the molecule is CCCCCCC1CC(=O)CC(c2ccc(C(C)(C)CCCCCC)cc2O)C1. The summed E-state index contributed by atoms with van der Waals surface area (Å²) in [5.41, 5.74) is 2.28. The molecule has 2 nitrogen and oxygen atoms in total. The molecule has 0 bridgehead atoms. The zero-order valence-corrected chi connectivity index (χ0v) is 19.4. The van der Waals surface area contributed by atoms with E-state index < -0.39 is 0 Å². The molecule has 2 heteroatoms. The highest BCUT2D eigenvalue weighted by molar-refractivity contribution is 5.80. The summed E-state index contributed by atoms with van der Waals surface area (Å²) >= 11 is 0. The van der Waals surface area contributed by atoms with Crippen LogP contribution in [-0.2, 0) is 10.2 Å². The molecule has 2 unspecified atom stereocenters. The summed E-state index contributed by atoms with van der Waals surface area (Å²) in [7, 11) is 0. The quantitative estimate of drug-likeness (QED) is 0.360. The number of ketones is 1.